The van der Waals surface area contributed by atoms with Gasteiger partial charge in [0.25, 0.3) is 5.91 Å². The maximum Gasteiger partial charge on any atom is 0.341 e. The summed E-state index contributed by atoms with van der Waals surface area (Å²) in [6.45, 7) is 7.24. The average Bonchev–Trinajstić information content (AvgIpc) is 2.70. The van der Waals surface area contributed by atoms with Crippen molar-refractivity contribution in [3.05, 3.63) is 23.8 Å². The predicted molar refractivity (Wildman–Crippen MR) is 109 cm³/mol. The molecule has 1 aromatic carbocycles. The number of rotatable bonds is 9. The second-order valence-corrected chi connectivity index (χ2v) is 7.55. The zero-order chi connectivity index (χ0) is 20.6. The van der Waals surface area contributed by atoms with Crippen molar-refractivity contribution in [3.8, 4) is 5.75 Å². The van der Waals surface area contributed by atoms with Crippen LogP contribution in [-0.4, -0.2) is 37.8 Å². The van der Waals surface area contributed by atoms with Crippen molar-refractivity contribution in [2.75, 3.05) is 25.6 Å². The minimum absolute atomic E-state index is 0.148. The number of hydrogen-bond donors (Lipinski definition) is 1. The number of hydrogen-bond acceptors (Lipinski definition) is 5. The molecule has 1 aromatic rings. The Hall–Kier alpha value is -2.08. The van der Waals surface area contributed by atoms with Crippen molar-refractivity contribution < 1.29 is 23.8 Å². The number of esters is 1. The number of carbonyl (C=O) groups is 2. The summed E-state index contributed by atoms with van der Waals surface area (Å²) in [4.78, 5) is 25.3. The van der Waals surface area contributed by atoms with Gasteiger partial charge in [0, 0.05) is 12.3 Å². The van der Waals surface area contributed by atoms with Crippen molar-refractivity contribution in [2.24, 2.45) is 5.92 Å². The molecule has 1 aliphatic rings. The summed E-state index contributed by atoms with van der Waals surface area (Å²) in [5.74, 6) is 0.248. The molecule has 28 heavy (non-hydrogen) atoms. The molecular formula is C22H33NO5. The van der Waals surface area contributed by atoms with Gasteiger partial charge in [-0.05, 0) is 56.2 Å². The minimum atomic E-state index is -0.809. The number of nitrogens with one attached hydrogen (secondary N) is 1. The monoisotopic (exact) mass is 391 g/mol. The summed E-state index contributed by atoms with van der Waals surface area (Å²) in [5, 5.41) is 2.96. The van der Waals surface area contributed by atoms with Gasteiger partial charge in [0.05, 0.1) is 13.7 Å². The highest BCUT2D eigenvalue weighted by atomic mass is 16.5. The molecule has 0 unspecified atom stereocenters. The molecule has 1 amide bonds. The maximum atomic E-state index is 13.2. The van der Waals surface area contributed by atoms with Gasteiger partial charge in [0.15, 0.2) is 0 Å². The first-order chi connectivity index (χ1) is 13.5. The first kappa shape index (κ1) is 22.2. The molecule has 0 heterocycles. The Morgan fingerprint density at radius 2 is 1.96 bits per heavy atom. The molecule has 2 atom stereocenters. The van der Waals surface area contributed by atoms with E-state index >= 15 is 0 Å². The largest absolute Gasteiger partial charge is 0.493 e. The number of ether oxygens (including phenoxy) is 3. The van der Waals surface area contributed by atoms with Crippen LogP contribution in [0.5, 0.6) is 5.75 Å². The molecule has 0 aliphatic heterocycles. The molecule has 6 nitrogen and oxygen atoms in total. The van der Waals surface area contributed by atoms with Gasteiger partial charge in [-0.15, -0.1) is 0 Å². The maximum absolute atomic E-state index is 13.2. The van der Waals surface area contributed by atoms with Crippen molar-refractivity contribution in [1.82, 2.24) is 0 Å². The number of methoxy groups -OCH3 is 1. The van der Waals surface area contributed by atoms with E-state index in [-0.39, 0.29) is 5.91 Å². The van der Waals surface area contributed by atoms with E-state index in [0.717, 1.165) is 25.7 Å². The normalized spacial score (nSPS) is 21.8. The summed E-state index contributed by atoms with van der Waals surface area (Å²) in [7, 11) is 1.33. The highest BCUT2D eigenvalue weighted by Crippen LogP contribution is 2.36. The minimum Gasteiger partial charge on any atom is -0.493 e. The third kappa shape index (κ3) is 5.47. The second kappa shape index (κ2) is 10.5. The lowest BCUT2D eigenvalue weighted by molar-refractivity contribution is -0.148. The molecule has 1 aliphatic carbocycles. The topological polar surface area (TPSA) is 73.9 Å². The summed E-state index contributed by atoms with van der Waals surface area (Å²) < 4.78 is 16.6. The zero-order valence-corrected chi connectivity index (χ0v) is 17.5. The molecule has 0 spiro atoms. The van der Waals surface area contributed by atoms with Gasteiger partial charge < -0.3 is 19.5 Å². The Labute approximate surface area is 167 Å². The van der Waals surface area contributed by atoms with Gasteiger partial charge in [0.1, 0.15) is 16.9 Å². The predicted octanol–water partition coefficient (Wildman–Crippen LogP) is 4.58. The lowest BCUT2D eigenvalue weighted by Gasteiger charge is -2.38. The van der Waals surface area contributed by atoms with Gasteiger partial charge in [0.2, 0.25) is 0 Å². The van der Waals surface area contributed by atoms with Crippen LogP contribution in [0, 0.1) is 5.92 Å². The fourth-order valence-corrected chi connectivity index (χ4v) is 3.66. The molecule has 0 aromatic heterocycles. The SMILES string of the molecule is CCCOc1ccc(NC(=O)[C@@]2(OCCC)CCC[C@H](C)C2)cc1C(=O)OC. The second-order valence-electron chi connectivity index (χ2n) is 7.55. The van der Waals surface area contributed by atoms with Gasteiger partial charge >= 0.3 is 5.97 Å². The lowest BCUT2D eigenvalue weighted by Crippen LogP contribution is -2.48. The highest BCUT2D eigenvalue weighted by molar-refractivity contribution is 5.99. The molecule has 1 fully saturated rings. The lowest BCUT2D eigenvalue weighted by atomic mass is 9.78. The molecule has 0 bridgehead atoms. The van der Waals surface area contributed by atoms with Crippen LogP contribution in [0.15, 0.2) is 18.2 Å². The first-order valence-corrected chi connectivity index (χ1v) is 10.3. The molecule has 0 saturated heterocycles. The number of benzene rings is 1. The highest BCUT2D eigenvalue weighted by Gasteiger charge is 2.42. The average molecular weight is 392 g/mol. The van der Waals surface area contributed by atoms with E-state index in [1.807, 2.05) is 13.8 Å². The van der Waals surface area contributed by atoms with E-state index in [4.69, 9.17) is 14.2 Å². The summed E-state index contributed by atoms with van der Waals surface area (Å²) >= 11 is 0. The number of anilines is 1. The third-order valence-electron chi connectivity index (χ3n) is 5.06. The van der Waals surface area contributed by atoms with Gasteiger partial charge in [-0.25, -0.2) is 4.79 Å². The molecular weight excluding hydrogens is 358 g/mol. The van der Waals surface area contributed by atoms with Gasteiger partial charge in [-0.2, -0.15) is 0 Å². The molecule has 1 saturated carbocycles. The summed E-state index contributed by atoms with van der Waals surface area (Å²) in [5.41, 5.74) is 0.0254. The Morgan fingerprint density at radius 1 is 1.21 bits per heavy atom. The van der Waals surface area contributed by atoms with Gasteiger partial charge in [-0.3, -0.25) is 4.79 Å². The van der Waals surface area contributed by atoms with Crippen LogP contribution in [0.3, 0.4) is 0 Å². The molecule has 1 N–H and O–H groups in total. The quantitative estimate of drug-likeness (QED) is 0.624. The van der Waals surface area contributed by atoms with Crippen LogP contribution in [0.4, 0.5) is 5.69 Å². The summed E-state index contributed by atoms with van der Waals surface area (Å²) in [6, 6.07) is 5.05. The van der Waals surface area contributed by atoms with Crippen LogP contribution in [0.25, 0.3) is 0 Å². The zero-order valence-electron chi connectivity index (χ0n) is 17.5. The van der Waals surface area contributed by atoms with Crippen molar-refractivity contribution in [2.45, 2.75) is 64.9 Å². The molecule has 2 rings (SSSR count). The van der Waals surface area contributed by atoms with E-state index < -0.39 is 11.6 Å². The van der Waals surface area contributed by atoms with Crippen LogP contribution < -0.4 is 10.1 Å². The smallest absolute Gasteiger partial charge is 0.341 e. The first-order valence-electron chi connectivity index (χ1n) is 10.3. The van der Waals surface area contributed by atoms with E-state index in [2.05, 4.69) is 12.2 Å². The van der Waals surface area contributed by atoms with Crippen LogP contribution in [-0.2, 0) is 14.3 Å². The third-order valence-corrected chi connectivity index (χ3v) is 5.06. The fraction of sp³-hybridized carbons (Fsp3) is 0.636. The van der Waals surface area contributed by atoms with Gasteiger partial charge in [-0.1, -0.05) is 27.2 Å². The van der Waals surface area contributed by atoms with E-state index in [1.54, 1.807) is 18.2 Å². The van der Waals surface area contributed by atoms with Crippen LogP contribution in [0.2, 0.25) is 0 Å². The molecule has 156 valence electrons. The Bertz CT molecular complexity index is 675. The van der Waals surface area contributed by atoms with Crippen molar-refractivity contribution in [3.63, 3.8) is 0 Å². The van der Waals surface area contributed by atoms with E-state index in [9.17, 15) is 9.59 Å². The summed E-state index contributed by atoms with van der Waals surface area (Å²) in [6.07, 6.45) is 5.19. The Morgan fingerprint density at radius 3 is 2.61 bits per heavy atom. The Kier molecular flexibility index (Phi) is 8.30. The molecule has 6 heteroatoms. The fourth-order valence-electron chi connectivity index (χ4n) is 3.66. The number of amides is 1. The van der Waals surface area contributed by atoms with E-state index in [0.29, 0.717) is 49.0 Å². The van der Waals surface area contributed by atoms with Crippen molar-refractivity contribution in [1.29, 1.82) is 0 Å². The Balaban J connectivity index is 2.24. The van der Waals surface area contributed by atoms with Crippen LogP contribution >= 0.6 is 0 Å². The van der Waals surface area contributed by atoms with Crippen LogP contribution in [0.1, 0.15) is 69.7 Å². The van der Waals surface area contributed by atoms with E-state index in [1.165, 1.54) is 7.11 Å². The molecule has 0 radical (unpaired) electrons. The number of carbonyl (C=O) groups excluding carboxylic acids is 2. The van der Waals surface area contributed by atoms with Crippen molar-refractivity contribution >= 4 is 17.6 Å². The standard InChI is InChI=1S/C22H33NO5/c1-5-12-27-19-10-9-17(14-18(19)20(24)26-4)23-21(25)22(28-13-6-2)11-7-8-16(3)15-22/h9-10,14,16H,5-8,11-13,15H2,1-4H3,(H,23,25)/t16-,22+/m0/s1.